The van der Waals surface area contributed by atoms with Crippen molar-refractivity contribution in [1.29, 1.82) is 0 Å². The van der Waals surface area contributed by atoms with Crippen LogP contribution in [0.4, 0.5) is 50.4 Å². The first-order chi connectivity index (χ1) is 27.8. The maximum atomic E-state index is 9.87. The summed E-state index contributed by atoms with van der Waals surface area (Å²) in [6.07, 6.45) is 4.97. The van der Waals surface area contributed by atoms with E-state index in [9.17, 15) is 50.4 Å². The average Bonchev–Trinajstić information content (AvgIpc) is 3.64. The van der Waals surface area contributed by atoms with Crippen molar-refractivity contribution in [3.8, 4) is 0 Å². The maximum Gasteiger partial charge on any atom is 2.00 e. The van der Waals surface area contributed by atoms with E-state index in [2.05, 4.69) is 175 Å². The molecule has 2 aromatic rings. The summed E-state index contributed by atoms with van der Waals surface area (Å²) >= 11 is 0. The molecule has 0 aliphatic rings. The van der Waals surface area contributed by atoms with Crippen molar-refractivity contribution in [2.24, 2.45) is 0 Å². The van der Waals surface area contributed by atoms with Crippen LogP contribution in [0.3, 0.4) is 0 Å². The molecule has 0 unspecified atom stereocenters. The predicted molar refractivity (Wildman–Crippen MR) is 288 cm³/mol. The summed E-state index contributed by atoms with van der Waals surface area (Å²) in [6.45, 7) is 51.8. The number of halogens is 12. The zero-order chi connectivity index (χ0) is 52.3. The van der Waals surface area contributed by atoms with Gasteiger partial charge in [0.1, 0.15) is 0 Å². The monoisotopic (exact) mass is 1220 g/mol. The SMILES string of the molecule is CC(C)[PH+](Cc1ccc(C[PH+](C(C)C)C(C)C)[n-]1)C(C)C.CC(C)[PH+](Cc1ccc(C[PH+](C(C)C)C(C)C)[n-]1)C(C)C.C[PH+](C)C.C[PH+](C)C.F[P-](F)(F)(F)(F)F.F[P-](F)(F)(F)(F)F.[Ni+2].[Ni+2]. The summed E-state index contributed by atoms with van der Waals surface area (Å²) in [6, 6.07) is 9.19. The van der Waals surface area contributed by atoms with Crippen LogP contribution in [-0.4, -0.2) is 85.3 Å². The summed E-state index contributed by atoms with van der Waals surface area (Å²) in [5, 5.41) is 0. The molecular formula is C42H92F12N2Ni2P8+6. The number of hydrogen-bond acceptors (Lipinski definition) is 0. The largest absolute Gasteiger partial charge is 2.00 e. The number of rotatable bonds is 16. The molecule has 2 heterocycles. The minimum Gasteiger partial charge on any atom is 2.00 e. The van der Waals surface area contributed by atoms with Crippen molar-refractivity contribution in [2.45, 2.75) is 181 Å². The van der Waals surface area contributed by atoms with Crippen LogP contribution < -0.4 is 9.97 Å². The zero-order valence-electron chi connectivity index (χ0n) is 43.7. The van der Waals surface area contributed by atoms with Gasteiger partial charge in [-0.2, -0.15) is 0 Å². The van der Waals surface area contributed by atoms with Crippen molar-refractivity contribution in [3.05, 3.63) is 47.0 Å². The fourth-order valence-corrected chi connectivity index (χ4v) is 17.5. The van der Waals surface area contributed by atoms with E-state index in [1.54, 1.807) is 0 Å². The van der Waals surface area contributed by atoms with Crippen molar-refractivity contribution in [2.75, 3.05) is 40.0 Å². The molecule has 0 fully saturated rings. The van der Waals surface area contributed by atoms with Gasteiger partial charge in [-0.15, -0.1) is 22.8 Å². The smallest absolute Gasteiger partial charge is 2.00 e. The van der Waals surface area contributed by atoms with E-state index in [0.717, 1.165) is 45.3 Å². The molecule has 0 aliphatic heterocycles. The Bertz CT molecular complexity index is 1270. The Morgan fingerprint density at radius 1 is 0.318 bits per heavy atom. The zero-order valence-corrected chi connectivity index (χ0v) is 53.5. The fraction of sp³-hybridized carbons (Fsp3) is 0.810. The predicted octanol–water partition coefficient (Wildman–Crippen LogP) is 20.4. The molecule has 0 bridgehead atoms. The Hall–Kier alpha value is 2.15. The fourth-order valence-electron chi connectivity index (χ4n) is 6.43. The van der Waals surface area contributed by atoms with E-state index < -0.39 is 15.6 Å². The molecule has 0 amide bonds. The topological polar surface area (TPSA) is 28.2 Å². The third-order valence-corrected chi connectivity index (χ3v) is 23.9. The van der Waals surface area contributed by atoms with Gasteiger partial charge in [0.15, 0.2) is 0 Å². The minimum absolute atomic E-state index is 0. The van der Waals surface area contributed by atoms with Crippen LogP contribution in [-0.2, 0) is 57.6 Å². The van der Waals surface area contributed by atoms with Crippen molar-refractivity contribution < 1.29 is 83.3 Å². The van der Waals surface area contributed by atoms with Gasteiger partial charge in [-0.3, -0.25) is 0 Å². The second kappa shape index (κ2) is 31.8. The first kappa shape index (κ1) is 79.6. The standard InChI is InChI=1S/2C18H34NP2.2C3H9P.2F6P.2Ni/c2*1-13(2)20(14(3)4)11-17-9-10-18(19-17)12-21(15(5)6)16(7)8;2*1-4(2)3;2*1-7(2,3,4,5)6;;/h2*9-10,13-16H,11-12H2,1-8H3;2*1-3H3;;;;/q2*-1;;;2*-1;2*+2/p+6. The summed E-state index contributed by atoms with van der Waals surface area (Å²) in [5.41, 5.74) is 12.1. The van der Waals surface area contributed by atoms with Crippen LogP contribution >= 0.6 is 63.1 Å². The van der Waals surface area contributed by atoms with Gasteiger partial charge in [-0.1, -0.05) is 24.3 Å². The molecule has 0 saturated carbocycles. The molecule has 0 saturated heterocycles. The van der Waals surface area contributed by atoms with Crippen molar-refractivity contribution in [1.82, 2.24) is 9.97 Å². The van der Waals surface area contributed by atoms with E-state index in [1.165, 1.54) is 47.4 Å². The molecule has 0 N–H and O–H groups in total. The van der Waals surface area contributed by atoms with Gasteiger partial charge in [0.05, 0.1) is 69.9 Å². The third kappa shape index (κ3) is 60.5. The Morgan fingerprint density at radius 2 is 0.409 bits per heavy atom. The number of nitrogens with zero attached hydrogens (tertiary/aromatic N) is 2. The van der Waals surface area contributed by atoms with Crippen LogP contribution in [0.1, 0.15) is 134 Å². The number of hydrogen-bond donors (Lipinski definition) is 0. The van der Waals surface area contributed by atoms with E-state index >= 15 is 0 Å². The molecule has 2 rings (SSSR count). The molecule has 0 radical (unpaired) electrons. The minimum atomic E-state index is -10.7. The molecule has 408 valence electrons. The van der Waals surface area contributed by atoms with E-state index in [-0.39, 0.29) is 80.5 Å². The van der Waals surface area contributed by atoms with Crippen LogP contribution in [0, 0.1) is 0 Å². The Morgan fingerprint density at radius 3 is 0.485 bits per heavy atom. The van der Waals surface area contributed by atoms with E-state index in [0.29, 0.717) is 0 Å². The first-order valence-corrected chi connectivity index (χ1v) is 39.6. The van der Waals surface area contributed by atoms with Crippen molar-refractivity contribution >= 4 is 63.1 Å². The Kier molecular flexibility index (Phi) is 38.3. The normalized spacial score (nSPS) is 14.2. The van der Waals surface area contributed by atoms with Gasteiger partial charge >= 0.3 is 99.0 Å². The average molecular weight is 1220 g/mol. The Labute approximate surface area is 421 Å². The van der Waals surface area contributed by atoms with Gasteiger partial charge < -0.3 is 9.97 Å². The number of aromatic nitrogens is 2. The second-order valence-corrected chi connectivity index (χ2v) is 45.1. The third-order valence-electron chi connectivity index (χ3n) is 8.98. The molecule has 0 aromatic carbocycles. The molecule has 2 nitrogen and oxygen atoms in total. The van der Waals surface area contributed by atoms with E-state index in [1.807, 2.05) is 0 Å². The summed E-state index contributed by atoms with van der Waals surface area (Å²) < 4.78 is 118. The Balaban J connectivity index is -0.000000185. The van der Waals surface area contributed by atoms with Gasteiger partial charge in [-0.25, -0.2) is 0 Å². The molecule has 24 heteroatoms. The molecular weight excluding hydrogens is 1130 g/mol. The van der Waals surface area contributed by atoms with Gasteiger partial charge in [0.25, 0.3) is 0 Å². The van der Waals surface area contributed by atoms with Crippen LogP contribution in [0.25, 0.3) is 0 Å². The maximum absolute atomic E-state index is 10.7. The van der Waals surface area contributed by atoms with Gasteiger partial charge in [0, 0.05) is 71.7 Å². The summed E-state index contributed by atoms with van der Waals surface area (Å²) in [5.74, 6) is 0. The second-order valence-electron chi connectivity index (χ2n) is 20.0. The van der Waals surface area contributed by atoms with Gasteiger partial charge in [0.2, 0.25) is 0 Å². The molecule has 0 atom stereocenters. The molecule has 0 aliphatic carbocycles. The van der Waals surface area contributed by atoms with E-state index in [4.69, 9.17) is 9.97 Å². The summed E-state index contributed by atoms with van der Waals surface area (Å²) in [4.78, 5) is 9.94. The van der Waals surface area contributed by atoms with Crippen molar-refractivity contribution in [3.63, 3.8) is 0 Å². The molecule has 2 aromatic heterocycles. The van der Waals surface area contributed by atoms with Crippen LogP contribution in [0.15, 0.2) is 24.3 Å². The first-order valence-electron chi connectivity index (χ1n) is 22.1. The van der Waals surface area contributed by atoms with Gasteiger partial charge in [-0.05, 0) is 127 Å². The molecule has 0 spiro atoms. The van der Waals surface area contributed by atoms with Crippen LogP contribution in [0.5, 0.6) is 0 Å². The quantitative estimate of drug-likeness (QED) is 0.0952. The summed E-state index contributed by atoms with van der Waals surface area (Å²) in [7, 11) is -22.4. The van der Waals surface area contributed by atoms with Crippen LogP contribution in [0.2, 0.25) is 0 Å². The molecule has 66 heavy (non-hydrogen) atoms.